The van der Waals surface area contributed by atoms with E-state index in [1.54, 1.807) is 18.2 Å². The van der Waals surface area contributed by atoms with Gasteiger partial charge in [0.15, 0.2) is 0 Å². The number of aromatic nitrogens is 1. The van der Waals surface area contributed by atoms with Crippen molar-refractivity contribution >= 4 is 17.7 Å². The Kier molecular flexibility index (Phi) is 5.94. The molecule has 0 radical (unpaired) electrons. The van der Waals surface area contributed by atoms with Crippen LogP contribution < -0.4 is 0 Å². The van der Waals surface area contributed by atoms with Crippen molar-refractivity contribution in [2.75, 3.05) is 0 Å². The number of rotatable bonds is 4. The lowest BCUT2D eigenvalue weighted by atomic mass is 9.97. The summed E-state index contributed by atoms with van der Waals surface area (Å²) >= 11 is 1.07. The van der Waals surface area contributed by atoms with E-state index >= 15 is 0 Å². The van der Waals surface area contributed by atoms with Crippen LogP contribution in [0.1, 0.15) is 57.6 Å². The van der Waals surface area contributed by atoms with Crippen LogP contribution in [0.5, 0.6) is 0 Å². The molecule has 1 aliphatic carbocycles. The summed E-state index contributed by atoms with van der Waals surface area (Å²) in [5.41, 5.74) is 0.216. The van der Waals surface area contributed by atoms with Crippen LogP contribution in [-0.2, 0) is 24.8 Å². The summed E-state index contributed by atoms with van der Waals surface area (Å²) in [5, 5.41) is 18.5. The quantitative estimate of drug-likeness (QED) is 0.556. The number of halogens is 3. The van der Waals surface area contributed by atoms with Crippen LogP contribution in [0.25, 0.3) is 0 Å². The SMILES string of the molecule is N#Cc1c(SCc2ccc(C(=O)O)cc2)nc2c(c1C(F)(F)F)CCCCC2. The van der Waals surface area contributed by atoms with Crippen molar-refractivity contribution in [3.8, 4) is 6.07 Å². The highest BCUT2D eigenvalue weighted by Crippen LogP contribution is 2.41. The largest absolute Gasteiger partial charge is 0.478 e. The molecule has 1 aliphatic rings. The minimum Gasteiger partial charge on any atom is -0.478 e. The third kappa shape index (κ3) is 4.30. The summed E-state index contributed by atoms with van der Waals surface area (Å²) in [4.78, 5) is 15.3. The number of carboxylic acid groups (broad SMARTS) is 1. The lowest BCUT2D eigenvalue weighted by Gasteiger charge is -2.18. The van der Waals surface area contributed by atoms with Crippen LogP contribution >= 0.6 is 11.8 Å². The maximum Gasteiger partial charge on any atom is 0.418 e. The van der Waals surface area contributed by atoms with Crippen LogP contribution in [0.3, 0.4) is 0 Å². The Hall–Kier alpha value is -2.53. The van der Waals surface area contributed by atoms with Gasteiger partial charge in [-0.05, 0) is 48.9 Å². The van der Waals surface area contributed by atoms with E-state index in [0.29, 0.717) is 18.5 Å². The van der Waals surface area contributed by atoms with Gasteiger partial charge < -0.3 is 5.11 Å². The molecule has 8 heteroatoms. The Morgan fingerprint density at radius 3 is 2.46 bits per heavy atom. The fourth-order valence-electron chi connectivity index (χ4n) is 3.31. The van der Waals surface area contributed by atoms with Gasteiger partial charge in [-0.3, -0.25) is 0 Å². The summed E-state index contributed by atoms with van der Waals surface area (Å²) in [5.74, 6) is -0.759. The fraction of sp³-hybridized carbons (Fsp3) is 0.350. The molecule has 2 aromatic rings. The number of pyridine rings is 1. The van der Waals surface area contributed by atoms with Crippen molar-refractivity contribution in [2.24, 2.45) is 0 Å². The third-order valence-corrected chi connectivity index (χ3v) is 5.71. The molecule has 3 rings (SSSR count). The molecule has 28 heavy (non-hydrogen) atoms. The molecule has 0 amide bonds. The number of hydrogen-bond acceptors (Lipinski definition) is 4. The summed E-state index contributed by atoms with van der Waals surface area (Å²) in [6.07, 6.45) is -1.57. The Morgan fingerprint density at radius 1 is 1.18 bits per heavy atom. The molecule has 1 N–H and O–H groups in total. The molecule has 0 atom stereocenters. The van der Waals surface area contributed by atoms with E-state index < -0.39 is 23.3 Å². The van der Waals surface area contributed by atoms with Gasteiger partial charge in [0.05, 0.1) is 16.7 Å². The number of fused-ring (bicyclic) bond motifs is 1. The van der Waals surface area contributed by atoms with Crippen molar-refractivity contribution in [2.45, 2.75) is 49.1 Å². The van der Waals surface area contributed by atoms with Gasteiger partial charge in [0.1, 0.15) is 11.1 Å². The molecule has 1 heterocycles. The summed E-state index contributed by atoms with van der Waals surface area (Å²) in [7, 11) is 0. The number of nitrogens with zero attached hydrogens (tertiary/aromatic N) is 2. The molecule has 0 saturated heterocycles. The van der Waals surface area contributed by atoms with Crippen molar-refractivity contribution in [1.82, 2.24) is 4.98 Å². The van der Waals surface area contributed by atoms with Crippen molar-refractivity contribution in [3.63, 3.8) is 0 Å². The van der Waals surface area contributed by atoms with Crippen molar-refractivity contribution in [1.29, 1.82) is 5.26 Å². The minimum absolute atomic E-state index is 0.0813. The van der Waals surface area contributed by atoms with Gasteiger partial charge in [-0.25, -0.2) is 9.78 Å². The normalized spacial score (nSPS) is 14.1. The Labute approximate surface area is 164 Å². The summed E-state index contributed by atoms with van der Waals surface area (Å²) in [6.45, 7) is 0. The van der Waals surface area contributed by atoms with Crippen LogP contribution in [-0.4, -0.2) is 16.1 Å². The molecule has 1 aromatic heterocycles. The number of carboxylic acids is 1. The zero-order valence-corrected chi connectivity index (χ0v) is 15.7. The van der Waals surface area contributed by atoms with Crippen molar-refractivity contribution < 1.29 is 23.1 Å². The predicted molar refractivity (Wildman–Crippen MR) is 98.2 cm³/mol. The second kappa shape index (κ2) is 8.23. The van der Waals surface area contributed by atoms with Gasteiger partial charge in [0.2, 0.25) is 0 Å². The first-order valence-corrected chi connectivity index (χ1v) is 9.78. The van der Waals surface area contributed by atoms with Crippen molar-refractivity contribution in [3.05, 3.63) is 57.8 Å². The van der Waals surface area contributed by atoms with E-state index in [-0.39, 0.29) is 28.3 Å². The number of nitriles is 1. The van der Waals surface area contributed by atoms with Gasteiger partial charge in [-0.15, -0.1) is 11.8 Å². The Morgan fingerprint density at radius 2 is 1.86 bits per heavy atom. The van der Waals surface area contributed by atoms with Crippen LogP contribution in [0.2, 0.25) is 0 Å². The molecule has 0 aliphatic heterocycles. The monoisotopic (exact) mass is 406 g/mol. The van der Waals surface area contributed by atoms with Gasteiger partial charge in [0, 0.05) is 11.4 Å². The van der Waals surface area contributed by atoms with Crippen LogP contribution in [0, 0.1) is 11.3 Å². The highest BCUT2D eigenvalue weighted by atomic mass is 32.2. The number of hydrogen-bond donors (Lipinski definition) is 1. The van der Waals surface area contributed by atoms with Crippen LogP contribution in [0.15, 0.2) is 29.3 Å². The molecule has 4 nitrogen and oxygen atoms in total. The van der Waals surface area contributed by atoms with E-state index in [9.17, 15) is 23.2 Å². The molecule has 0 spiro atoms. The van der Waals surface area contributed by atoms with Gasteiger partial charge in [-0.2, -0.15) is 18.4 Å². The molecular weight excluding hydrogens is 389 g/mol. The standard InChI is InChI=1S/C20H17F3N2O2S/c21-20(22,23)17-14-4-2-1-3-5-16(14)25-18(15(17)10-24)28-11-12-6-8-13(9-7-12)19(26)27/h6-9H,1-5,11H2,(H,26,27). The molecule has 0 bridgehead atoms. The fourth-order valence-corrected chi connectivity index (χ4v) is 4.27. The third-order valence-electron chi connectivity index (χ3n) is 4.66. The molecule has 0 unspecified atom stereocenters. The molecule has 1 aromatic carbocycles. The van der Waals surface area contributed by atoms with E-state index in [1.165, 1.54) is 12.1 Å². The maximum atomic E-state index is 13.8. The smallest absolute Gasteiger partial charge is 0.418 e. The van der Waals surface area contributed by atoms with Gasteiger partial charge in [0.25, 0.3) is 0 Å². The lowest BCUT2D eigenvalue weighted by Crippen LogP contribution is -2.16. The number of carbonyl (C=O) groups is 1. The molecule has 0 fully saturated rings. The minimum atomic E-state index is -4.61. The highest BCUT2D eigenvalue weighted by Gasteiger charge is 2.39. The predicted octanol–water partition coefficient (Wildman–Crippen LogP) is 5.23. The summed E-state index contributed by atoms with van der Waals surface area (Å²) < 4.78 is 41.3. The maximum absolute atomic E-state index is 13.8. The zero-order chi connectivity index (χ0) is 20.3. The number of aryl methyl sites for hydroxylation is 1. The van der Waals surface area contributed by atoms with Gasteiger partial charge >= 0.3 is 12.1 Å². The highest BCUT2D eigenvalue weighted by molar-refractivity contribution is 7.98. The molecular formula is C20H17F3N2O2S. The first-order valence-electron chi connectivity index (χ1n) is 8.79. The Bertz CT molecular complexity index is 934. The average molecular weight is 406 g/mol. The first-order chi connectivity index (χ1) is 13.3. The average Bonchev–Trinajstić information content (AvgIpc) is 2.89. The number of aromatic carboxylic acids is 1. The van der Waals surface area contributed by atoms with E-state index in [1.807, 2.05) is 0 Å². The number of alkyl halides is 3. The topological polar surface area (TPSA) is 74.0 Å². The Balaban J connectivity index is 1.97. The van der Waals surface area contributed by atoms with Gasteiger partial charge in [-0.1, -0.05) is 18.6 Å². The van der Waals surface area contributed by atoms with E-state index in [2.05, 4.69) is 4.98 Å². The lowest BCUT2D eigenvalue weighted by molar-refractivity contribution is -0.138. The molecule has 0 saturated carbocycles. The summed E-state index contributed by atoms with van der Waals surface area (Å²) in [6, 6.07) is 7.82. The second-order valence-corrected chi connectivity index (χ2v) is 7.52. The van der Waals surface area contributed by atoms with Crippen LogP contribution in [0.4, 0.5) is 13.2 Å². The first kappa shape index (κ1) is 20.2. The number of benzene rings is 1. The van der Waals surface area contributed by atoms with E-state index in [0.717, 1.165) is 30.2 Å². The number of thioether (sulfide) groups is 1. The zero-order valence-electron chi connectivity index (χ0n) is 14.8. The van der Waals surface area contributed by atoms with E-state index in [4.69, 9.17) is 5.11 Å². The molecule has 146 valence electrons. The second-order valence-electron chi connectivity index (χ2n) is 6.55.